The minimum atomic E-state index is -1.44. The fourth-order valence-corrected chi connectivity index (χ4v) is 2.81. The number of imide groups is 1. The smallest absolute Gasteiger partial charge is 0.326 e. The van der Waals surface area contributed by atoms with Crippen molar-refractivity contribution in [2.24, 2.45) is 5.41 Å². The Morgan fingerprint density at radius 1 is 1.14 bits per heavy atom. The van der Waals surface area contributed by atoms with E-state index < -0.39 is 36.0 Å². The molecule has 2 aliphatic heterocycles. The van der Waals surface area contributed by atoms with E-state index in [1.165, 1.54) is 0 Å². The van der Waals surface area contributed by atoms with E-state index in [2.05, 4.69) is 5.32 Å². The minimum Gasteiger partial charge on any atom is -0.462 e. The molecule has 0 saturated carbocycles. The standard InChI is InChI=1S/C18H28N2O9/c1-3-18(4-2,16(24)19-5-14(22)28-9-12-7-26-12)17(25)20(11-21)6-15(23)29-10-13-8-27-13/h11-13,16,19,24H,3-10H2,1-2H3. The Labute approximate surface area is 168 Å². The Balaban J connectivity index is 1.92. The number of esters is 2. The number of nitrogens with zero attached hydrogens (tertiary/aromatic N) is 1. The molecule has 0 radical (unpaired) electrons. The molecule has 29 heavy (non-hydrogen) atoms. The second-order valence-electron chi connectivity index (χ2n) is 6.96. The summed E-state index contributed by atoms with van der Waals surface area (Å²) in [6.07, 6.45) is -1.10. The summed E-state index contributed by atoms with van der Waals surface area (Å²) >= 11 is 0. The summed E-state index contributed by atoms with van der Waals surface area (Å²) in [7, 11) is 0. The first-order chi connectivity index (χ1) is 13.9. The lowest BCUT2D eigenvalue weighted by Crippen LogP contribution is -2.56. The molecule has 3 atom stereocenters. The quantitative estimate of drug-likeness (QED) is 0.149. The Kier molecular flexibility index (Phi) is 8.50. The van der Waals surface area contributed by atoms with Gasteiger partial charge in [-0.15, -0.1) is 0 Å². The number of carbonyl (C=O) groups is 4. The molecule has 2 heterocycles. The first-order valence-electron chi connectivity index (χ1n) is 9.58. The second-order valence-corrected chi connectivity index (χ2v) is 6.96. The molecule has 2 aliphatic rings. The number of nitrogens with one attached hydrogen (secondary N) is 1. The van der Waals surface area contributed by atoms with Crippen LogP contribution in [-0.4, -0.2) is 92.2 Å². The molecule has 2 N–H and O–H groups in total. The van der Waals surface area contributed by atoms with E-state index in [4.69, 9.17) is 18.9 Å². The van der Waals surface area contributed by atoms with Crippen molar-refractivity contribution >= 4 is 24.3 Å². The Hall–Kier alpha value is -2.08. The number of hydrogen-bond acceptors (Lipinski definition) is 10. The van der Waals surface area contributed by atoms with Crippen LogP contribution in [-0.2, 0) is 38.1 Å². The summed E-state index contributed by atoms with van der Waals surface area (Å²) in [5.41, 5.74) is -1.42. The Morgan fingerprint density at radius 2 is 1.66 bits per heavy atom. The van der Waals surface area contributed by atoms with Gasteiger partial charge < -0.3 is 24.1 Å². The van der Waals surface area contributed by atoms with Crippen molar-refractivity contribution in [2.45, 2.75) is 45.1 Å². The summed E-state index contributed by atoms with van der Waals surface area (Å²) in [6, 6.07) is 0. The van der Waals surface area contributed by atoms with Crippen LogP contribution in [0.25, 0.3) is 0 Å². The molecule has 0 spiro atoms. The maximum absolute atomic E-state index is 13.0. The summed E-state index contributed by atoms with van der Waals surface area (Å²) in [4.78, 5) is 48.7. The highest BCUT2D eigenvalue weighted by atomic mass is 16.6. The lowest BCUT2D eigenvalue weighted by molar-refractivity contribution is -0.162. The van der Waals surface area contributed by atoms with Crippen LogP contribution in [0.5, 0.6) is 0 Å². The fraction of sp³-hybridized carbons (Fsp3) is 0.778. The van der Waals surface area contributed by atoms with E-state index >= 15 is 0 Å². The molecule has 0 aromatic carbocycles. The molecule has 0 bridgehead atoms. The number of epoxide rings is 2. The third-order valence-corrected chi connectivity index (χ3v) is 5.00. The summed E-state index contributed by atoms with van der Waals surface area (Å²) in [6.45, 7) is 3.68. The third-order valence-electron chi connectivity index (χ3n) is 5.00. The van der Waals surface area contributed by atoms with Crippen molar-refractivity contribution in [3.63, 3.8) is 0 Å². The van der Waals surface area contributed by atoms with Gasteiger partial charge in [-0.2, -0.15) is 0 Å². The van der Waals surface area contributed by atoms with Gasteiger partial charge in [-0.1, -0.05) is 13.8 Å². The van der Waals surface area contributed by atoms with Gasteiger partial charge in [0.1, 0.15) is 38.2 Å². The molecular formula is C18H28N2O9. The monoisotopic (exact) mass is 416 g/mol. The molecular weight excluding hydrogens is 388 g/mol. The summed E-state index contributed by atoms with van der Waals surface area (Å²) in [5, 5.41) is 13.2. The van der Waals surface area contributed by atoms with Gasteiger partial charge in [0.25, 0.3) is 0 Å². The molecule has 11 nitrogen and oxygen atoms in total. The number of aliphatic hydroxyl groups excluding tert-OH is 1. The van der Waals surface area contributed by atoms with Crippen LogP contribution in [0.1, 0.15) is 26.7 Å². The van der Waals surface area contributed by atoms with Gasteiger partial charge in [0.05, 0.1) is 25.2 Å². The van der Waals surface area contributed by atoms with Gasteiger partial charge in [-0.3, -0.25) is 29.4 Å². The summed E-state index contributed by atoms with van der Waals surface area (Å²) < 4.78 is 19.8. The highest BCUT2D eigenvalue weighted by Gasteiger charge is 2.45. The molecule has 11 heteroatoms. The van der Waals surface area contributed by atoms with Crippen LogP contribution in [0.4, 0.5) is 0 Å². The minimum absolute atomic E-state index is 0.0601. The molecule has 0 aliphatic carbocycles. The Morgan fingerprint density at radius 3 is 2.10 bits per heavy atom. The molecule has 2 amide bonds. The average molecular weight is 416 g/mol. The number of ether oxygens (including phenoxy) is 4. The van der Waals surface area contributed by atoms with E-state index in [0.29, 0.717) is 18.1 Å². The molecule has 0 aromatic heterocycles. The van der Waals surface area contributed by atoms with Gasteiger partial charge in [-0.25, -0.2) is 0 Å². The maximum atomic E-state index is 13.0. The molecule has 3 unspecified atom stereocenters. The number of rotatable bonds is 14. The number of amides is 2. The normalized spacial score (nSPS) is 21.1. The van der Waals surface area contributed by atoms with Crippen molar-refractivity contribution in [2.75, 3.05) is 39.5 Å². The maximum Gasteiger partial charge on any atom is 0.326 e. The lowest BCUT2D eigenvalue weighted by Gasteiger charge is -2.37. The molecule has 2 rings (SSSR count). The largest absolute Gasteiger partial charge is 0.462 e. The van der Waals surface area contributed by atoms with Crippen LogP contribution in [0.2, 0.25) is 0 Å². The highest BCUT2D eigenvalue weighted by Crippen LogP contribution is 2.32. The van der Waals surface area contributed by atoms with Gasteiger partial charge in [0.15, 0.2) is 0 Å². The topological polar surface area (TPSA) is 147 Å². The first kappa shape index (κ1) is 23.2. The van der Waals surface area contributed by atoms with Crippen molar-refractivity contribution in [3.05, 3.63) is 0 Å². The van der Waals surface area contributed by atoms with Crippen molar-refractivity contribution < 1.29 is 43.2 Å². The van der Waals surface area contributed by atoms with Crippen molar-refractivity contribution in [1.82, 2.24) is 10.2 Å². The third kappa shape index (κ3) is 6.74. The molecule has 164 valence electrons. The molecule has 0 aromatic rings. The van der Waals surface area contributed by atoms with Crippen LogP contribution in [0.3, 0.4) is 0 Å². The van der Waals surface area contributed by atoms with Gasteiger partial charge in [0.2, 0.25) is 12.3 Å². The fourth-order valence-electron chi connectivity index (χ4n) is 2.81. The SMILES string of the molecule is CCC(CC)(C(=O)N(C=O)CC(=O)OCC1CO1)C(O)NCC(=O)OCC1CO1. The second kappa shape index (κ2) is 10.6. The van der Waals surface area contributed by atoms with E-state index in [9.17, 15) is 24.3 Å². The van der Waals surface area contributed by atoms with Crippen LogP contribution >= 0.6 is 0 Å². The van der Waals surface area contributed by atoms with Crippen LogP contribution < -0.4 is 5.32 Å². The number of hydrogen-bond donors (Lipinski definition) is 2. The number of carbonyl (C=O) groups excluding carboxylic acids is 4. The van der Waals surface area contributed by atoms with Gasteiger partial charge in [-0.05, 0) is 12.8 Å². The van der Waals surface area contributed by atoms with Gasteiger partial charge in [0, 0.05) is 0 Å². The zero-order valence-corrected chi connectivity index (χ0v) is 16.6. The predicted octanol–water partition coefficient (Wildman–Crippen LogP) is -1.43. The van der Waals surface area contributed by atoms with Crippen LogP contribution in [0, 0.1) is 5.41 Å². The van der Waals surface area contributed by atoms with E-state index in [1.54, 1.807) is 13.8 Å². The summed E-state index contributed by atoms with van der Waals surface area (Å²) in [5.74, 6) is -2.10. The zero-order chi connectivity index (χ0) is 21.4. The highest BCUT2D eigenvalue weighted by molar-refractivity contribution is 5.94. The van der Waals surface area contributed by atoms with E-state index in [0.717, 1.165) is 0 Å². The lowest BCUT2D eigenvalue weighted by atomic mass is 9.78. The first-order valence-corrected chi connectivity index (χ1v) is 9.58. The zero-order valence-electron chi connectivity index (χ0n) is 16.6. The molecule has 2 saturated heterocycles. The van der Waals surface area contributed by atoms with E-state index in [-0.39, 0.29) is 51.2 Å². The predicted molar refractivity (Wildman–Crippen MR) is 96.2 cm³/mol. The Bertz CT molecular complexity index is 600. The van der Waals surface area contributed by atoms with Crippen LogP contribution in [0.15, 0.2) is 0 Å². The van der Waals surface area contributed by atoms with Crippen molar-refractivity contribution in [3.8, 4) is 0 Å². The average Bonchev–Trinajstić information content (AvgIpc) is 3.63. The van der Waals surface area contributed by atoms with Gasteiger partial charge >= 0.3 is 11.9 Å². The van der Waals surface area contributed by atoms with Crippen molar-refractivity contribution in [1.29, 1.82) is 0 Å². The van der Waals surface area contributed by atoms with E-state index in [1.807, 2.05) is 0 Å². The molecule has 2 fully saturated rings. The number of aliphatic hydroxyl groups is 1.